The minimum atomic E-state index is -0.507. The first-order chi connectivity index (χ1) is 13.8. The van der Waals surface area contributed by atoms with Gasteiger partial charge in [-0.2, -0.15) is 0 Å². The molecule has 0 radical (unpaired) electrons. The molecule has 9 heteroatoms. The summed E-state index contributed by atoms with van der Waals surface area (Å²) in [7, 11) is 0. The maximum absolute atomic E-state index is 11.5. The van der Waals surface area contributed by atoms with E-state index in [9.17, 15) is 14.7 Å². The highest BCUT2D eigenvalue weighted by Gasteiger charge is 2.19. The molecule has 1 amide bonds. The number of carbonyl (C=O) groups is 2. The van der Waals surface area contributed by atoms with Crippen molar-refractivity contribution in [1.82, 2.24) is 0 Å². The summed E-state index contributed by atoms with van der Waals surface area (Å²) >= 11 is 18.2. The lowest BCUT2D eigenvalue weighted by Gasteiger charge is -2.18. The Kier molecular flexibility index (Phi) is 8.44. The Hall–Kier alpha value is -2.15. The standard InChI is InChI=1S/C20H20Cl3NO5/c1-3-28-18(27)10-29-16-7-5-13(19(22)20(16)23)11(2)12-4-6-15(25)14(8-12)24-17(26)9-21/h4-8,11,25H,3,9-10H2,1-2H3,(H,24,26). The number of alkyl halides is 1. The Morgan fingerprint density at radius 3 is 2.55 bits per heavy atom. The molecule has 0 bridgehead atoms. The minimum absolute atomic E-state index is 0.0775. The second kappa shape index (κ2) is 10.6. The molecule has 2 rings (SSSR count). The fourth-order valence-corrected chi connectivity index (χ4v) is 3.23. The summed E-state index contributed by atoms with van der Waals surface area (Å²) in [4.78, 5) is 23.0. The van der Waals surface area contributed by atoms with Crippen LogP contribution in [0.15, 0.2) is 30.3 Å². The summed E-state index contributed by atoms with van der Waals surface area (Å²) in [5.41, 5.74) is 1.74. The first kappa shape index (κ1) is 23.1. The van der Waals surface area contributed by atoms with Gasteiger partial charge in [0.1, 0.15) is 22.4 Å². The molecule has 2 aromatic rings. The SMILES string of the molecule is CCOC(=O)COc1ccc(C(C)c2ccc(O)c(NC(=O)CCl)c2)c(Cl)c1Cl. The number of esters is 1. The number of anilines is 1. The number of hydrogen-bond acceptors (Lipinski definition) is 5. The van der Waals surface area contributed by atoms with Gasteiger partial charge in [-0.1, -0.05) is 42.3 Å². The summed E-state index contributed by atoms with van der Waals surface area (Å²) in [5, 5.41) is 12.9. The molecule has 2 N–H and O–H groups in total. The van der Waals surface area contributed by atoms with Gasteiger partial charge in [-0.25, -0.2) is 4.79 Å². The van der Waals surface area contributed by atoms with Crippen molar-refractivity contribution >= 4 is 52.4 Å². The van der Waals surface area contributed by atoms with Crippen LogP contribution in [0.3, 0.4) is 0 Å². The second-order valence-corrected chi connectivity index (χ2v) is 7.08. The summed E-state index contributed by atoms with van der Waals surface area (Å²) in [6.07, 6.45) is 0. The Bertz CT molecular complexity index is 904. The minimum Gasteiger partial charge on any atom is -0.506 e. The molecule has 2 aromatic carbocycles. The summed E-state index contributed by atoms with van der Waals surface area (Å²) < 4.78 is 10.2. The van der Waals surface area contributed by atoms with Gasteiger partial charge in [-0.3, -0.25) is 4.79 Å². The van der Waals surface area contributed by atoms with E-state index in [4.69, 9.17) is 44.3 Å². The van der Waals surface area contributed by atoms with Crippen LogP contribution in [0, 0.1) is 0 Å². The molecular formula is C20H20Cl3NO5. The molecule has 1 unspecified atom stereocenters. The summed E-state index contributed by atoms with van der Waals surface area (Å²) in [5.74, 6) is -1.20. The van der Waals surface area contributed by atoms with Gasteiger partial charge in [0.15, 0.2) is 6.61 Å². The smallest absolute Gasteiger partial charge is 0.344 e. The molecule has 29 heavy (non-hydrogen) atoms. The molecule has 6 nitrogen and oxygen atoms in total. The topological polar surface area (TPSA) is 84.9 Å². The molecule has 156 valence electrons. The number of benzene rings is 2. The normalized spacial score (nSPS) is 11.6. The van der Waals surface area contributed by atoms with Crippen LogP contribution in [0.1, 0.15) is 30.9 Å². The van der Waals surface area contributed by atoms with Crippen LogP contribution in [0.2, 0.25) is 10.0 Å². The number of nitrogens with one attached hydrogen (secondary N) is 1. The van der Waals surface area contributed by atoms with Crippen molar-refractivity contribution in [3.63, 3.8) is 0 Å². The number of ether oxygens (including phenoxy) is 2. The van der Waals surface area contributed by atoms with Crippen molar-refractivity contribution in [2.24, 2.45) is 0 Å². The molecule has 1 atom stereocenters. The van der Waals surface area contributed by atoms with Crippen LogP contribution in [0.4, 0.5) is 5.69 Å². The van der Waals surface area contributed by atoms with Crippen molar-refractivity contribution in [2.45, 2.75) is 19.8 Å². The van der Waals surface area contributed by atoms with E-state index in [0.717, 1.165) is 5.56 Å². The Morgan fingerprint density at radius 2 is 1.90 bits per heavy atom. The van der Waals surface area contributed by atoms with E-state index in [1.165, 1.54) is 6.07 Å². The van der Waals surface area contributed by atoms with Gasteiger partial charge in [-0.15, -0.1) is 11.6 Å². The zero-order valence-electron chi connectivity index (χ0n) is 15.8. The third-order valence-corrected chi connectivity index (χ3v) is 5.23. The molecular weight excluding hydrogens is 441 g/mol. The lowest BCUT2D eigenvalue weighted by Crippen LogP contribution is -2.15. The van der Waals surface area contributed by atoms with E-state index >= 15 is 0 Å². The number of hydrogen-bond donors (Lipinski definition) is 2. The highest BCUT2D eigenvalue weighted by molar-refractivity contribution is 6.43. The van der Waals surface area contributed by atoms with Gasteiger partial charge in [0.05, 0.1) is 17.3 Å². The van der Waals surface area contributed by atoms with E-state index < -0.39 is 11.9 Å². The van der Waals surface area contributed by atoms with Gasteiger partial charge in [0, 0.05) is 5.92 Å². The van der Waals surface area contributed by atoms with Gasteiger partial charge in [0.2, 0.25) is 5.91 Å². The summed E-state index contributed by atoms with van der Waals surface area (Å²) in [6, 6.07) is 8.19. The largest absolute Gasteiger partial charge is 0.506 e. The second-order valence-electron chi connectivity index (χ2n) is 6.05. The maximum atomic E-state index is 11.5. The molecule has 0 spiro atoms. The van der Waals surface area contributed by atoms with E-state index in [1.54, 1.807) is 31.2 Å². The first-order valence-corrected chi connectivity index (χ1v) is 10.0. The number of amides is 1. The van der Waals surface area contributed by atoms with Crippen molar-refractivity contribution in [1.29, 1.82) is 0 Å². The van der Waals surface area contributed by atoms with Crippen molar-refractivity contribution in [2.75, 3.05) is 24.4 Å². The molecule has 0 saturated carbocycles. The zero-order valence-corrected chi connectivity index (χ0v) is 18.1. The lowest BCUT2D eigenvalue weighted by atomic mass is 9.92. The number of halogens is 3. The lowest BCUT2D eigenvalue weighted by molar-refractivity contribution is -0.145. The molecule has 0 aliphatic heterocycles. The molecule has 0 fully saturated rings. The number of rotatable bonds is 8. The predicted octanol–water partition coefficient (Wildman–Crippen LogP) is 4.97. The van der Waals surface area contributed by atoms with Crippen LogP contribution >= 0.6 is 34.8 Å². The van der Waals surface area contributed by atoms with Crippen molar-refractivity contribution < 1.29 is 24.2 Å². The van der Waals surface area contributed by atoms with Gasteiger partial charge < -0.3 is 19.9 Å². The third-order valence-electron chi connectivity index (χ3n) is 4.11. The van der Waals surface area contributed by atoms with Gasteiger partial charge >= 0.3 is 5.97 Å². The van der Waals surface area contributed by atoms with E-state index in [1.807, 2.05) is 6.92 Å². The Labute approximate surface area is 183 Å². The maximum Gasteiger partial charge on any atom is 0.344 e. The summed E-state index contributed by atoms with van der Waals surface area (Å²) in [6.45, 7) is 3.58. The molecule has 0 heterocycles. The van der Waals surface area contributed by atoms with E-state index in [2.05, 4.69) is 5.32 Å². The average molecular weight is 461 g/mol. The van der Waals surface area contributed by atoms with Crippen molar-refractivity contribution in [3.8, 4) is 11.5 Å². The highest BCUT2D eigenvalue weighted by Crippen LogP contribution is 2.40. The predicted molar refractivity (Wildman–Crippen MR) is 114 cm³/mol. The monoisotopic (exact) mass is 459 g/mol. The van der Waals surface area contributed by atoms with Crippen LogP contribution in [-0.2, 0) is 14.3 Å². The fourth-order valence-electron chi connectivity index (χ4n) is 2.62. The van der Waals surface area contributed by atoms with Crippen LogP contribution < -0.4 is 10.1 Å². The van der Waals surface area contributed by atoms with Crippen LogP contribution in [0.25, 0.3) is 0 Å². The number of aromatic hydroxyl groups is 1. The average Bonchev–Trinajstić information content (AvgIpc) is 2.70. The number of phenolic OH excluding ortho intramolecular Hbond substituents is 1. The molecule has 0 aromatic heterocycles. The van der Waals surface area contributed by atoms with Crippen LogP contribution in [-0.4, -0.2) is 36.1 Å². The molecule has 0 saturated heterocycles. The third kappa shape index (κ3) is 5.92. The van der Waals surface area contributed by atoms with Gasteiger partial charge in [-0.05, 0) is 36.2 Å². The highest BCUT2D eigenvalue weighted by atomic mass is 35.5. The van der Waals surface area contributed by atoms with Crippen LogP contribution in [0.5, 0.6) is 11.5 Å². The first-order valence-electron chi connectivity index (χ1n) is 8.73. The van der Waals surface area contributed by atoms with Gasteiger partial charge in [0.25, 0.3) is 0 Å². The zero-order chi connectivity index (χ0) is 21.6. The molecule has 0 aliphatic carbocycles. The van der Waals surface area contributed by atoms with E-state index in [-0.39, 0.29) is 52.2 Å². The Morgan fingerprint density at radius 1 is 1.17 bits per heavy atom. The number of carbonyl (C=O) groups excluding carboxylic acids is 2. The van der Waals surface area contributed by atoms with E-state index in [0.29, 0.717) is 5.56 Å². The quantitative estimate of drug-likeness (QED) is 0.330. The number of phenols is 1. The fraction of sp³-hybridized carbons (Fsp3) is 0.300. The molecule has 0 aliphatic rings. The Balaban J connectivity index is 2.26. The van der Waals surface area contributed by atoms with Crippen molar-refractivity contribution in [3.05, 3.63) is 51.5 Å².